The molecule has 1 nitrogen and oxygen atoms in total. The highest BCUT2D eigenvalue weighted by molar-refractivity contribution is 7.99. The van der Waals surface area contributed by atoms with Gasteiger partial charge in [0.05, 0.1) is 0 Å². The quantitative estimate of drug-likeness (QED) is 0.761. The molecule has 0 heterocycles. The summed E-state index contributed by atoms with van der Waals surface area (Å²) < 4.78 is 23.8. The maximum absolute atomic E-state index is 11.9. The monoisotopic (exact) mass is 203 g/mol. The van der Waals surface area contributed by atoms with Crippen LogP contribution in [0.4, 0.5) is 8.78 Å². The number of hydrogen-bond donors (Lipinski definition) is 1. The van der Waals surface area contributed by atoms with Crippen LogP contribution in [-0.2, 0) is 6.42 Å². The first kappa shape index (κ1) is 10.5. The van der Waals surface area contributed by atoms with Crippen LogP contribution in [0.3, 0.4) is 0 Å². The number of halogens is 2. The summed E-state index contributed by atoms with van der Waals surface area (Å²) in [6.07, 6.45) is 0.791. The molecule has 0 fully saturated rings. The molecule has 0 unspecified atom stereocenters. The van der Waals surface area contributed by atoms with E-state index in [9.17, 15) is 8.78 Å². The van der Waals surface area contributed by atoms with Crippen molar-refractivity contribution < 1.29 is 8.78 Å². The highest BCUT2D eigenvalue weighted by atomic mass is 32.2. The maximum Gasteiger partial charge on any atom is 0.288 e. The Morgan fingerprint density at radius 2 is 1.85 bits per heavy atom. The highest BCUT2D eigenvalue weighted by Gasteiger charge is 2.04. The third-order valence-corrected chi connectivity index (χ3v) is 2.30. The fourth-order valence-electron chi connectivity index (χ4n) is 1.00. The van der Waals surface area contributed by atoms with Crippen LogP contribution in [0.5, 0.6) is 0 Å². The molecule has 0 atom stereocenters. The molecule has 0 aliphatic heterocycles. The van der Waals surface area contributed by atoms with Crippen LogP contribution < -0.4 is 5.73 Å². The minimum atomic E-state index is -2.35. The van der Waals surface area contributed by atoms with E-state index in [0.717, 1.165) is 12.0 Å². The molecule has 1 aromatic carbocycles. The Kier molecular flexibility index (Phi) is 4.18. The van der Waals surface area contributed by atoms with Crippen molar-refractivity contribution in [3.05, 3.63) is 29.8 Å². The zero-order chi connectivity index (χ0) is 9.68. The molecule has 0 amide bonds. The van der Waals surface area contributed by atoms with Crippen molar-refractivity contribution in [2.24, 2.45) is 5.73 Å². The first-order chi connectivity index (χ1) is 6.22. The molecule has 0 radical (unpaired) electrons. The Bertz CT molecular complexity index is 248. The number of benzene rings is 1. The molecule has 4 heteroatoms. The second-order valence-electron chi connectivity index (χ2n) is 2.56. The predicted octanol–water partition coefficient (Wildman–Crippen LogP) is 2.50. The lowest BCUT2D eigenvalue weighted by Crippen LogP contribution is -2.02. The summed E-state index contributed by atoms with van der Waals surface area (Å²) in [6, 6.07) is 7.05. The van der Waals surface area contributed by atoms with Crippen molar-refractivity contribution in [2.45, 2.75) is 17.1 Å². The van der Waals surface area contributed by atoms with Crippen LogP contribution in [-0.4, -0.2) is 12.3 Å². The maximum atomic E-state index is 11.9. The SMILES string of the molecule is NCCc1ccc(SC(F)F)cc1. The predicted molar refractivity (Wildman–Crippen MR) is 51.1 cm³/mol. The van der Waals surface area contributed by atoms with Gasteiger partial charge in [0.25, 0.3) is 5.76 Å². The van der Waals surface area contributed by atoms with Gasteiger partial charge in [-0.2, -0.15) is 8.78 Å². The topological polar surface area (TPSA) is 26.0 Å². The first-order valence-electron chi connectivity index (χ1n) is 3.96. The molecule has 1 aromatic rings. The number of thioether (sulfide) groups is 1. The lowest BCUT2D eigenvalue weighted by Gasteiger charge is -2.01. The summed E-state index contributed by atoms with van der Waals surface area (Å²) in [4.78, 5) is 0.593. The minimum Gasteiger partial charge on any atom is -0.330 e. The van der Waals surface area contributed by atoms with Crippen LogP contribution in [0.25, 0.3) is 0 Å². The lowest BCUT2D eigenvalue weighted by molar-refractivity contribution is 0.252. The van der Waals surface area contributed by atoms with E-state index in [1.54, 1.807) is 12.1 Å². The van der Waals surface area contributed by atoms with Crippen molar-refractivity contribution in [1.82, 2.24) is 0 Å². The average molecular weight is 203 g/mol. The standard InChI is InChI=1S/C9H11F2NS/c10-9(11)13-8-3-1-7(2-4-8)5-6-12/h1-4,9H,5-6,12H2. The Morgan fingerprint density at radius 3 is 2.31 bits per heavy atom. The normalized spacial score (nSPS) is 10.8. The second kappa shape index (κ2) is 5.19. The number of nitrogens with two attached hydrogens (primary N) is 1. The van der Waals surface area contributed by atoms with Gasteiger partial charge in [0, 0.05) is 4.90 Å². The Hall–Kier alpha value is -0.610. The van der Waals surface area contributed by atoms with Crippen LogP contribution in [0, 0.1) is 0 Å². The highest BCUT2D eigenvalue weighted by Crippen LogP contribution is 2.24. The summed E-state index contributed by atoms with van der Waals surface area (Å²) >= 11 is 0.561. The van der Waals surface area contributed by atoms with Crippen LogP contribution in [0.1, 0.15) is 5.56 Å². The van der Waals surface area contributed by atoms with E-state index in [2.05, 4.69) is 0 Å². The van der Waals surface area contributed by atoms with Crippen LogP contribution >= 0.6 is 11.8 Å². The lowest BCUT2D eigenvalue weighted by atomic mass is 10.2. The van der Waals surface area contributed by atoms with Gasteiger partial charge in [-0.25, -0.2) is 0 Å². The summed E-state index contributed by atoms with van der Waals surface area (Å²) in [7, 11) is 0. The summed E-state index contributed by atoms with van der Waals surface area (Å²) in [5.74, 6) is -2.35. The van der Waals surface area contributed by atoms with E-state index < -0.39 is 5.76 Å². The summed E-state index contributed by atoms with van der Waals surface area (Å²) in [6.45, 7) is 0.585. The van der Waals surface area contributed by atoms with E-state index in [1.807, 2.05) is 12.1 Å². The van der Waals surface area contributed by atoms with Crippen molar-refractivity contribution >= 4 is 11.8 Å². The molecule has 13 heavy (non-hydrogen) atoms. The van der Waals surface area contributed by atoms with Gasteiger partial charge in [0.1, 0.15) is 0 Å². The fourth-order valence-corrected chi connectivity index (χ4v) is 1.50. The van der Waals surface area contributed by atoms with Gasteiger partial charge in [0.2, 0.25) is 0 Å². The van der Waals surface area contributed by atoms with Crippen LogP contribution in [0.2, 0.25) is 0 Å². The molecule has 72 valence electrons. The number of alkyl halides is 2. The fraction of sp³-hybridized carbons (Fsp3) is 0.333. The van der Waals surface area contributed by atoms with E-state index in [4.69, 9.17) is 5.73 Å². The first-order valence-corrected chi connectivity index (χ1v) is 4.84. The smallest absolute Gasteiger partial charge is 0.288 e. The van der Waals surface area contributed by atoms with Gasteiger partial charge in [0.15, 0.2) is 0 Å². The number of hydrogen-bond acceptors (Lipinski definition) is 2. The Morgan fingerprint density at radius 1 is 1.23 bits per heavy atom. The molecular weight excluding hydrogens is 192 g/mol. The van der Waals surface area contributed by atoms with Crippen LogP contribution in [0.15, 0.2) is 29.2 Å². The Labute approximate surface area is 80.3 Å². The number of rotatable bonds is 4. The van der Waals surface area contributed by atoms with E-state index in [-0.39, 0.29) is 0 Å². The zero-order valence-corrected chi connectivity index (χ0v) is 7.86. The molecule has 0 aliphatic carbocycles. The molecule has 0 aromatic heterocycles. The molecule has 0 aliphatic rings. The van der Waals surface area contributed by atoms with Crippen molar-refractivity contribution in [2.75, 3.05) is 6.54 Å². The zero-order valence-electron chi connectivity index (χ0n) is 7.04. The average Bonchev–Trinajstić information content (AvgIpc) is 2.08. The summed E-state index contributed by atoms with van der Waals surface area (Å²) in [5.41, 5.74) is 6.44. The van der Waals surface area contributed by atoms with Crippen molar-refractivity contribution in [3.8, 4) is 0 Å². The largest absolute Gasteiger partial charge is 0.330 e. The molecule has 2 N–H and O–H groups in total. The van der Waals surface area contributed by atoms with Crippen molar-refractivity contribution in [3.63, 3.8) is 0 Å². The Balaban J connectivity index is 2.59. The van der Waals surface area contributed by atoms with Gasteiger partial charge < -0.3 is 5.73 Å². The summed E-state index contributed by atoms with van der Waals surface area (Å²) in [5, 5.41) is 0. The van der Waals surface area contributed by atoms with Gasteiger partial charge in [-0.05, 0) is 30.7 Å². The third-order valence-electron chi connectivity index (χ3n) is 1.58. The molecule has 1 rings (SSSR count). The van der Waals surface area contributed by atoms with E-state index in [1.165, 1.54) is 0 Å². The minimum absolute atomic E-state index is 0.561. The van der Waals surface area contributed by atoms with Gasteiger partial charge in [-0.1, -0.05) is 23.9 Å². The molecule has 0 saturated carbocycles. The van der Waals surface area contributed by atoms with Crippen molar-refractivity contribution in [1.29, 1.82) is 0 Å². The molecule has 0 bridgehead atoms. The molecular formula is C9H11F2NS. The van der Waals surface area contributed by atoms with E-state index >= 15 is 0 Å². The third kappa shape index (κ3) is 3.74. The molecule has 0 saturated heterocycles. The van der Waals surface area contributed by atoms with Gasteiger partial charge >= 0.3 is 0 Å². The van der Waals surface area contributed by atoms with E-state index in [0.29, 0.717) is 23.2 Å². The van der Waals surface area contributed by atoms with Gasteiger partial charge in [-0.15, -0.1) is 0 Å². The molecule has 0 spiro atoms. The van der Waals surface area contributed by atoms with Gasteiger partial charge in [-0.3, -0.25) is 0 Å². The second-order valence-corrected chi connectivity index (χ2v) is 3.62.